The summed E-state index contributed by atoms with van der Waals surface area (Å²) in [6, 6.07) is 6.40. The average molecular weight is 782 g/mol. The molecule has 0 spiro atoms. The van der Waals surface area contributed by atoms with Crippen LogP contribution in [-0.2, 0) is 9.84 Å². The molecule has 1 aromatic heterocycles. The lowest BCUT2D eigenvalue weighted by Gasteiger charge is -2.46. The van der Waals surface area contributed by atoms with Gasteiger partial charge in [-0.15, -0.1) is 13.2 Å². The van der Waals surface area contributed by atoms with Gasteiger partial charge in [-0.2, -0.15) is 4.39 Å². The van der Waals surface area contributed by atoms with Crippen molar-refractivity contribution >= 4 is 26.4 Å². The molecular weight excluding hydrogens is 730 g/mol. The summed E-state index contributed by atoms with van der Waals surface area (Å²) in [4.78, 5) is 12.3. The minimum absolute atomic E-state index is 0.0725. The summed E-state index contributed by atoms with van der Waals surface area (Å²) in [5, 5.41) is 0.0896. The van der Waals surface area contributed by atoms with Crippen LogP contribution in [0, 0.1) is 17.0 Å². The molecular formula is C39H52F5N5O4S. The Balaban J connectivity index is 1.28. The second-order valence-electron chi connectivity index (χ2n) is 16.2. The van der Waals surface area contributed by atoms with E-state index in [2.05, 4.69) is 31.3 Å². The van der Waals surface area contributed by atoms with Crippen LogP contribution in [0.4, 0.5) is 27.6 Å². The standard InChI is InChI=1S/C39H52F5N5O4S/c1-7-46-16-12-26(13-17-46)47-20-22-48(23-21-47)27-14-18-49(19-15-27)36-29-24-28(52-39(42,43)44)8-9-30(29)45-25-33(36)54(50,51)32-11-10-31(34(40)35(32)41)53-38(5,6)37(2,3)4/h8-11,24-27H,7,12-23H2,1-6H3. The van der Waals surface area contributed by atoms with E-state index in [1.54, 1.807) is 18.7 Å². The van der Waals surface area contributed by atoms with E-state index in [-0.39, 0.29) is 22.6 Å². The Morgan fingerprint density at radius 3 is 1.87 bits per heavy atom. The molecule has 4 heterocycles. The van der Waals surface area contributed by atoms with Crippen molar-refractivity contribution in [2.45, 2.75) is 101 Å². The van der Waals surface area contributed by atoms with Gasteiger partial charge in [0.15, 0.2) is 11.6 Å². The molecule has 0 aliphatic carbocycles. The number of hydrogen-bond acceptors (Lipinski definition) is 9. The fourth-order valence-electron chi connectivity index (χ4n) is 7.73. The quantitative estimate of drug-likeness (QED) is 0.205. The number of fused-ring (bicyclic) bond motifs is 1. The fourth-order valence-corrected chi connectivity index (χ4v) is 9.22. The number of ether oxygens (including phenoxy) is 2. The maximum atomic E-state index is 15.9. The third kappa shape index (κ3) is 8.43. The maximum absolute atomic E-state index is 15.9. The topological polar surface area (TPSA) is 78.5 Å². The third-order valence-corrected chi connectivity index (χ3v) is 13.7. The van der Waals surface area contributed by atoms with E-state index in [0.717, 1.165) is 76.3 Å². The molecule has 3 fully saturated rings. The number of rotatable bonds is 9. The van der Waals surface area contributed by atoms with Gasteiger partial charge < -0.3 is 19.3 Å². The average Bonchev–Trinajstić information content (AvgIpc) is 3.12. The molecule has 54 heavy (non-hydrogen) atoms. The SMILES string of the molecule is CCN1CCC(N2CCN(C3CCN(c4c(S(=O)(=O)c5ccc(OC(C)(C)C(C)(C)C)c(F)c5F)cnc5ccc(OC(F)(F)F)cc45)CC3)CC2)CC1. The predicted molar refractivity (Wildman–Crippen MR) is 198 cm³/mol. The number of likely N-dealkylation sites (tertiary alicyclic amines) is 1. The fraction of sp³-hybridized carbons (Fsp3) is 0.615. The molecule has 2 aromatic carbocycles. The normalized spacial score (nSPS) is 19.8. The molecule has 3 saturated heterocycles. The lowest BCUT2D eigenvalue weighted by atomic mass is 9.79. The van der Waals surface area contributed by atoms with Crippen LogP contribution < -0.4 is 14.4 Å². The lowest BCUT2D eigenvalue weighted by molar-refractivity contribution is -0.274. The molecule has 15 heteroatoms. The molecule has 6 rings (SSSR count). The first kappa shape index (κ1) is 40.4. The Hall–Kier alpha value is -3.27. The summed E-state index contributed by atoms with van der Waals surface area (Å²) in [6.07, 6.45) is -0.219. The van der Waals surface area contributed by atoms with Gasteiger partial charge in [-0.1, -0.05) is 27.7 Å². The largest absolute Gasteiger partial charge is 0.573 e. The number of alkyl halides is 3. The monoisotopic (exact) mass is 781 g/mol. The predicted octanol–water partition coefficient (Wildman–Crippen LogP) is 7.52. The second-order valence-corrected chi connectivity index (χ2v) is 18.1. The highest BCUT2D eigenvalue weighted by Crippen LogP contribution is 2.42. The van der Waals surface area contributed by atoms with Crippen LogP contribution in [0.2, 0.25) is 0 Å². The van der Waals surface area contributed by atoms with E-state index in [1.165, 1.54) is 18.9 Å². The summed E-state index contributed by atoms with van der Waals surface area (Å²) < 4.78 is 110. The number of nitrogens with zero attached hydrogens (tertiary/aromatic N) is 5. The van der Waals surface area contributed by atoms with E-state index in [9.17, 15) is 21.6 Å². The zero-order valence-corrected chi connectivity index (χ0v) is 32.8. The molecule has 0 amide bonds. The minimum atomic E-state index is -4.99. The smallest absolute Gasteiger partial charge is 0.484 e. The van der Waals surface area contributed by atoms with Crippen molar-refractivity contribution in [3.05, 3.63) is 48.2 Å². The van der Waals surface area contributed by atoms with Gasteiger partial charge >= 0.3 is 6.36 Å². The number of aromatic nitrogens is 1. The van der Waals surface area contributed by atoms with Crippen molar-refractivity contribution in [1.29, 1.82) is 0 Å². The number of halogens is 5. The summed E-state index contributed by atoms with van der Waals surface area (Å²) in [5.74, 6) is -4.08. The van der Waals surface area contributed by atoms with E-state index in [4.69, 9.17) is 4.74 Å². The van der Waals surface area contributed by atoms with Crippen LogP contribution in [-0.4, -0.2) is 111 Å². The highest BCUT2D eigenvalue weighted by Gasteiger charge is 2.39. The number of piperidine rings is 2. The lowest BCUT2D eigenvalue weighted by Crippen LogP contribution is -2.56. The Kier molecular flexibility index (Phi) is 11.5. The first-order chi connectivity index (χ1) is 25.3. The van der Waals surface area contributed by atoms with Crippen molar-refractivity contribution < 1.29 is 39.8 Å². The van der Waals surface area contributed by atoms with Crippen LogP contribution in [0.1, 0.15) is 67.2 Å². The van der Waals surface area contributed by atoms with E-state index >= 15 is 8.78 Å². The Labute approximate surface area is 315 Å². The van der Waals surface area contributed by atoms with Gasteiger partial charge in [0.1, 0.15) is 21.1 Å². The summed E-state index contributed by atoms with van der Waals surface area (Å²) in [6.45, 7) is 19.2. The molecule has 0 atom stereocenters. The van der Waals surface area contributed by atoms with Gasteiger partial charge in [0.05, 0.1) is 11.2 Å². The molecule has 3 aliphatic heterocycles. The van der Waals surface area contributed by atoms with Crippen molar-refractivity contribution in [3.8, 4) is 11.5 Å². The first-order valence-corrected chi connectivity index (χ1v) is 20.3. The van der Waals surface area contributed by atoms with E-state index in [1.807, 2.05) is 20.8 Å². The number of benzene rings is 2. The molecule has 9 nitrogen and oxygen atoms in total. The molecule has 3 aliphatic rings. The zero-order chi connectivity index (χ0) is 39.2. The van der Waals surface area contributed by atoms with Gasteiger partial charge in [-0.05, 0) is 89.5 Å². The summed E-state index contributed by atoms with van der Waals surface area (Å²) >= 11 is 0. The molecule has 298 valence electrons. The van der Waals surface area contributed by atoms with Gasteiger partial charge in [-0.25, -0.2) is 12.8 Å². The van der Waals surface area contributed by atoms with Crippen LogP contribution >= 0.6 is 0 Å². The zero-order valence-electron chi connectivity index (χ0n) is 32.0. The van der Waals surface area contributed by atoms with Crippen molar-refractivity contribution in [1.82, 2.24) is 19.7 Å². The van der Waals surface area contributed by atoms with Crippen LogP contribution in [0.3, 0.4) is 0 Å². The third-order valence-electron chi connectivity index (χ3n) is 11.9. The Morgan fingerprint density at radius 2 is 1.33 bits per heavy atom. The number of sulfone groups is 1. The van der Waals surface area contributed by atoms with Crippen molar-refractivity contribution in [2.75, 3.05) is 63.8 Å². The molecule has 0 N–H and O–H groups in total. The molecule has 0 saturated carbocycles. The highest BCUT2D eigenvalue weighted by molar-refractivity contribution is 7.91. The maximum Gasteiger partial charge on any atom is 0.573 e. The van der Waals surface area contributed by atoms with Crippen LogP contribution in [0.5, 0.6) is 11.5 Å². The minimum Gasteiger partial charge on any atom is -0.484 e. The molecule has 0 bridgehead atoms. The van der Waals surface area contributed by atoms with Crippen molar-refractivity contribution in [3.63, 3.8) is 0 Å². The van der Waals surface area contributed by atoms with Gasteiger partial charge in [-0.3, -0.25) is 14.8 Å². The van der Waals surface area contributed by atoms with Crippen LogP contribution in [0.15, 0.2) is 46.3 Å². The Bertz CT molecular complexity index is 1910. The van der Waals surface area contributed by atoms with Gasteiger partial charge in [0, 0.05) is 68.4 Å². The number of anilines is 1. The van der Waals surface area contributed by atoms with Gasteiger partial charge in [0.2, 0.25) is 15.7 Å². The second kappa shape index (κ2) is 15.3. The molecule has 0 radical (unpaired) electrons. The van der Waals surface area contributed by atoms with E-state index in [0.29, 0.717) is 32.0 Å². The number of hydrogen-bond donors (Lipinski definition) is 0. The number of piperazine rings is 1. The Morgan fingerprint density at radius 1 is 0.759 bits per heavy atom. The summed E-state index contributed by atoms with van der Waals surface area (Å²) in [7, 11) is -4.81. The van der Waals surface area contributed by atoms with Crippen LogP contribution in [0.25, 0.3) is 10.9 Å². The van der Waals surface area contributed by atoms with Gasteiger partial charge in [0.25, 0.3) is 0 Å². The highest BCUT2D eigenvalue weighted by atomic mass is 32.2. The molecule has 3 aromatic rings. The first-order valence-electron chi connectivity index (χ1n) is 18.8. The van der Waals surface area contributed by atoms with Crippen molar-refractivity contribution in [2.24, 2.45) is 5.41 Å². The number of pyridine rings is 1. The summed E-state index contributed by atoms with van der Waals surface area (Å²) in [5.41, 5.74) is -1.13. The molecule has 0 unspecified atom stereocenters. The van der Waals surface area contributed by atoms with E-state index < -0.39 is 60.1 Å².